The number of hydrogen-bond donors (Lipinski definition) is 1. The molecule has 1 N–H and O–H groups in total. The number of hydrogen-bond acceptors (Lipinski definition) is 5. The topological polar surface area (TPSA) is 60.0 Å². The monoisotopic (exact) mass is 396 g/mol. The van der Waals surface area contributed by atoms with Crippen molar-refractivity contribution in [3.05, 3.63) is 59.2 Å². The molecule has 1 saturated heterocycles. The third kappa shape index (κ3) is 4.89. The van der Waals surface area contributed by atoms with Crippen molar-refractivity contribution in [1.29, 1.82) is 0 Å². The van der Waals surface area contributed by atoms with Gasteiger partial charge < -0.3 is 19.5 Å². The van der Waals surface area contributed by atoms with Crippen molar-refractivity contribution < 1.29 is 19.0 Å². The summed E-state index contributed by atoms with van der Waals surface area (Å²) in [5.41, 5.74) is 2.77. The lowest BCUT2D eigenvalue weighted by atomic mass is 10.1. The van der Waals surface area contributed by atoms with Gasteiger partial charge in [0.15, 0.2) is 11.5 Å². The first-order valence-electron chi connectivity index (χ1n) is 10.2. The van der Waals surface area contributed by atoms with Gasteiger partial charge in [-0.2, -0.15) is 0 Å². The molecule has 0 aliphatic carbocycles. The van der Waals surface area contributed by atoms with E-state index in [4.69, 9.17) is 14.2 Å². The normalized spacial score (nSPS) is 21.6. The quantitative estimate of drug-likeness (QED) is 0.842. The lowest BCUT2D eigenvalue weighted by Crippen LogP contribution is -2.44. The predicted octanol–water partition coefficient (Wildman–Crippen LogP) is 3.00. The Bertz CT molecular complexity index is 842. The average Bonchev–Trinajstić information content (AvgIpc) is 2.72. The zero-order valence-electron chi connectivity index (χ0n) is 17.0. The van der Waals surface area contributed by atoms with Crippen molar-refractivity contribution in [3.8, 4) is 11.5 Å². The maximum atomic E-state index is 12.6. The first-order chi connectivity index (χ1) is 14.1. The second-order valence-corrected chi connectivity index (χ2v) is 7.77. The molecule has 2 heterocycles. The molecule has 0 saturated carbocycles. The minimum absolute atomic E-state index is 0.0977. The minimum atomic E-state index is -0.0977. The first kappa shape index (κ1) is 19.7. The van der Waals surface area contributed by atoms with Crippen LogP contribution >= 0.6 is 0 Å². The molecule has 2 aliphatic rings. The van der Waals surface area contributed by atoms with Gasteiger partial charge in [-0.3, -0.25) is 9.69 Å². The van der Waals surface area contributed by atoms with Gasteiger partial charge in [-0.15, -0.1) is 0 Å². The fraction of sp³-hybridized carbons (Fsp3) is 0.435. The molecule has 4 rings (SSSR count). The zero-order chi connectivity index (χ0) is 20.2. The van der Waals surface area contributed by atoms with Crippen LogP contribution in [0.2, 0.25) is 0 Å². The fourth-order valence-electron chi connectivity index (χ4n) is 3.98. The summed E-state index contributed by atoms with van der Waals surface area (Å²) < 4.78 is 17.1. The van der Waals surface area contributed by atoms with Gasteiger partial charge in [-0.05, 0) is 37.6 Å². The molecule has 2 atom stereocenters. The van der Waals surface area contributed by atoms with E-state index in [1.165, 1.54) is 5.56 Å². The van der Waals surface area contributed by atoms with Crippen LogP contribution in [0.3, 0.4) is 0 Å². The van der Waals surface area contributed by atoms with Crippen LogP contribution < -0.4 is 14.8 Å². The maximum absolute atomic E-state index is 12.6. The highest BCUT2D eigenvalue weighted by Gasteiger charge is 2.22. The van der Waals surface area contributed by atoms with Crippen LogP contribution in [0.1, 0.15) is 35.3 Å². The number of nitrogens with one attached hydrogen (secondary N) is 1. The maximum Gasteiger partial charge on any atom is 0.251 e. The number of amides is 1. The molecule has 1 amide bonds. The molecule has 2 unspecified atom stereocenters. The Morgan fingerprint density at radius 1 is 1.03 bits per heavy atom. The molecule has 2 aromatic rings. The van der Waals surface area contributed by atoms with E-state index in [2.05, 4.69) is 24.1 Å². The Labute approximate surface area is 171 Å². The molecule has 6 heteroatoms. The molecule has 0 bridgehead atoms. The molecule has 0 radical (unpaired) electrons. The fourth-order valence-corrected chi connectivity index (χ4v) is 3.98. The summed E-state index contributed by atoms with van der Waals surface area (Å²) in [6, 6.07) is 13.6. The zero-order valence-corrected chi connectivity index (χ0v) is 17.0. The van der Waals surface area contributed by atoms with Gasteiger partial charge >= 0.3 is 0 Å². The van der Waals surface area contributed by atoms with Crippen molar-refractivity contribution in [2.45, 2.75) is 39.1 Å². The smallest absolute Gasteiger partial charge is 0.251 e. The van der Waals surface area contributed by atoms with Crippen molar-refractivity contribution in [3.63, 3.8) is 0 Å². The van der Waals surface area contributed by atoms with E-state index >= 15 is 0 Å². The van der Waals surface area contributed by atoms with Gasteiger partial charge in [-0.25, -0.2) is 0 Å². The number of fused-ring (bicyclic) bond motifs is 1. The summed E-state index contributed by atoms with van der Waals surface area (Å²) in [4.78, 5) is 15.0. The van der Waals surface area contributed by atoms with Gasteiger partial charge in [0, 0.05) is 37.3 Å². The van der Waals surface area contributed by atoms with E-state index in [1.54, 1.807) is 0 Å². The summed E-state index contributed by atoms with van der Waals surface area (Å²) >= 11 is 0. The molecule has 2 aromatic carbocycles. The predicted molar refractivity (Wildman–Crippen MR) is 110 cm³/mol. The van der Waals surface area contributed by atoms with Crippen LogP contribution in [0.25, 0.3) is 0 Å². The first-order valence-corrected chi connectivity index (χ1v) is 10.2. The number of carbonyl (C=O) groups is 1. The van der Waals surface area contributed by atoms with Gasteiger partial charge in [0.05, 0.1) is 12.2 Å². The lowest BCUT2D eigenvalue weighted by molar-refractivity contribution is -0.0704. The summed E-state index contributed by atoms with van der Waals surface area (Å²) in [7, 11) is 0. The number of benzene rings is 2. The van der Waals surface area contributed by atoms with Crippen molar-refractivity contribution in [1.82, 2.24) is 10.2 Å². The molecular weight excluding hydrogens is 368 g/mol. The van der Waals surface area contributed by atoms with E-state index in [0.29, 0.717) is 25.3 Å². The minimum Gasteiger partial charge on any atom is -0.486 e. The molecule has 0 aromatic heterocycles. The van der Waals surface area contributed by atoms with Crippen molar-refractivity contribution in [2.75, 3.05) is 26.3 Å². The molecule has 0 spiro atoms. The molecule has 6 nitrogen and oxygen atoms in total. The third-order valence-electron chi connectivity index (χ3n) is 5.20. The van der Waals surface area contributed by atoms with E-state index in [9.17, 15) is 4.79 Å². The molecular formula is C23H28N2O4. The molecule has 2 aliphatic heterocycles. The van der Waals surface area contributed by atoms with E-state index in [0.717, 1.165) is 36.7 Å². The number of rotatable bonds is 5. The Morgan fingerprint density at radius 3 is 2.52 bits per heavy atom. The number of morpholine rings is 1. The van der Waals surface area contributed by atoms with Crippen LogP contribution in [0.4, 0.5) is 0 Å². The standard InChI is InChI=1S/C23H28N2O4/c1-16-13-25(14-17(2)29-16)15-18-6-8-19(9-7-18)23(26)24-12-20-4-3-5-21-22(20)28-11-10-27-21/h3-9,16-17H,10-15H2,1-2H3,(H,24,26). The second kappa shape index (κ2) is 8.84. The Balaban J connectivity index is 1.34. The van der Waals surface area contributed by atoms with Crippen LogP contribution in [-0.2, 0) is 17.8 Å². The van der Waals surface area contributed by atoms with Crippen LogP contribution in [0, 0.1) is 0 Å². The van der Waals surface area contributed by atoms with E-state index < -0.39 is 0 Å². The molecule has 154 valence electrons. The van der Waals surface area contributed by atoms with Gasteiger partial charge in [0.2, 0.25) is 0 Å². The highest BCUT2D eigenvalue weighted by Crippen LogP contribution is 2.33. The number of nitrogens with zero attached hydrogens (tertiary/aromatic N) is 1. The molecule has 29 heavy (non-hydrogen) atoms. The summed E-state index contributed by atoms with van der Waals surface area (Å²) in [6.07, 6.45) is 0.504. The highest BCUT2D eigenvalue weighted by molar-refractivity contribution is 5.94. The average molecular weight is 396 g/mol. The van der Waals surface area contributed by atoms with Gasteiger partial charge in [-0.1, -0.05) is 24.3 Å². The van der Waals surface area contributed by atoms with Crippen molar-refractivity contribution >= 4 is 5.91 Å². The number of para-hydroxylation sites is 1. The lowest BCUT2D eigenvalue weighted by Gasteiger charge is -2.35. The number of carbonyl (C=O) groups excluding carboxylic acids is 1. The van der Waals surface area contributed by atoms with E-state index in [1.807, 2.05) is 42.5 Å². The third-order valence-corrected chi connectivity index (χ3v) is 5.20. The van der Waals surface area contributed by atoms with Crippen LogP contribution in [-0.4, -0.2) is 49.3 Å². The Hall–Kier alpha value is -2.57. The summed E-state index contributed by atoms with van der Waals surface area (Å²) in [5.74, 6) is 1.36. The highest BCUT2D eigenvalue weighted by atomic mass is 16.6. The largest absolute Gasteiger partial charge is 0.486 e. The van der Waals surface area contributed by atoms with Crippen LogP contribution in [0.5, 0.6) is 11.5 Å². The van der Waals surface area contributed by atoms with Gasteiger partial charge in [0.1, 0.15) is 13.2 Å². The Kier molecular flexibility index (Phi) is 6.02. The summed E-state index contributed by atoms with van der Waals surface area (Å²) in [6.45, 7) is 8.43. The molecule has 1 fully saturated rings. The van der Waals surface area contributed by atoms with E-state index in [-0.39, 0.29) is 18.1 Å². The Morgan fingerprint density at radius 2 is 1.76 bits per heavy atom. The van der Waals surface area contributed by atoms with Gasteiger partial charge in [0.25, 0.3) is 5.91 Å². The summed E-state index contributed by atoms with van der Waals surface area (Å²) in [5, 5.41) is 2.98. The van der Waals surface area contributed by atoms with Crippen molar-refractivity contribution in [2.24, 2.45) is 0 Å². The SMILES string of the molecule is CC1CN(Cc2ccc(C(=O)NCc3cccc4c3OCCO4)cc2)CC(C)O1. The number of ether oxygens (including phenoxy) is 3. The van der Waals surface area contributed by atoms with Crippen LogP contribution in [0.15, 0.2) is 42.5 Å². The second-order valence-electron chi connectivity index (χ2n) is 7.77.